The quantitative estimate of drug-likeness (QED) is 0.0873. The van der Waals surface area contributed by atoms with Crippen LogP contribution < -0.4 is 5.73 Å². The summed E-state index contributed by atoms with van der Waals surface area (Å²) in [5.74, 6) is -2.12. The van der Waals surface area contributed by atoms with Gasteiger partial charge in [0.15, 0.2) is 0 Å². The molecule has 0 radical (unpaired) electrons. The maximum absolute atomic E-state index is 14.6. The molecule has 0 saturated carbocycles. The minimum atomic E-state index is -0.978. The van der Waals surface area contributed by atoms with Gasteiger partial charge in [0.1, 0.15) is 5.78 Å². The fraction of sp³-hybridized carbons (Fsp3) is 0.792. The molecule has 1 aliphatic heterocycles. The largest absolute Gasteiger partial charge is 0.391 e. The Hall–Kier alpha value is -2.98. The first-order valence-electron chi connectivity index (χ1n) is 23.0. The Morgan fingerprint density at radius 1 is 0.823 bits per heavy atom. The van der Waals surface area contributed by atoms with Gasteiger partial charge in [0.25, 0.3) is 0 Å². The average Bonchev–Trinajstić information content (AvgIpc) is 3.74. The van der Waals surface area contributed by atoms with Gasteiger partial charge in [0.2, 0.25) is 17.7 Å². The second kappa shape index (κ2) is 28.0. The number of methoxy groups -OCH3 is 2. The number of carbonyl (C=O) groups excluding carboxylic acids is 4. The Bertz CT molecular complexity index is 1470. The highest BCUT2D eigenvalue weighted by Crippen LogP contribution is 2.33. The molecular formula is C48H84N4O10. The number of ether oxygens (including phenoxy) is 4. The summed E-state index contributed by atoms with van der Waals surface area (Å²) < 4.78 is 23.0. The third-order valence-corrected chi connectivity index (χ3v) is 13.2. The van der Waals surface area contributed by atoms with Gasteiger partial charge < -0.3 is 49.6 Å². The number of carbonyl (C=O) groups is 4. The van der Waals surface area contributed by atoms with Gasteiger partial charge in [-0.2, -0.15) is 0 Å². The summed E-state index contributed by atoms with van der Waals surface area (Å²) in [4.78, 5) is 61.0. The molecule has 1 aromatic rings. The third kappa shape index (κ3) is 15.9. The van der Waals surface area contributed by atoms with Crippen LogP contribution >= 0.6 is 0 Å². The first kappa shape index (κ1) is 55.2. The zero-order valence-corrected chi connectivity index (χ0v) is 40.2. The molecule has 1 fully saturated rings. The molecule has 11 atom stereocenters. The maximum atomic E-state index is 14.6. The molecule has 1 aromatic carbocycles. The summed E-state index contributed by atoms with van der Waals surface area (Å²) in [6.07, 6.45) is -0.254. The lowest BCUT2D eigenvalue weighted by Gasteiger charge is -2.42. The third-order valence-electron chi connectivity index (χ3n) is 13.2. The zero-order chi connectivity index (χ0) is 46.7. The van der Waals surface area contributed by atoms with E-state index < -0.39 is 48.3 Å². The van der Waals surface area contributed by atoms with Crippen LogP contribution in [0.4, 0.5) is 0 Å². The Labute approximate surface area is 373 Å². The van der Waals surface area contributed by atoms with Crippen LogP contribution in [-0.2, 0) is 38.1 Å². The van der Waals surface area contributed by atoms with E-state index in [1.54, 1.807) is 38.1 Å². The molecule has 0 spiro atoms. The molecule has 14 nitrogen and oxygen atoms in total. The normalized spacial score (nSPS) is 19.3. The van der Waals surface area contributed by atoms with E-state index in [1.165, 1.54) is 0 Å². The molecular weight excluding hydrogens is 793 g/mol. The van der Waals surface area contributed by atoms with Gasteiger partial charge in [-0.3, -0.25) is 19.2 Å². The van der Waals surface area contributed by atoms with E-state index in [0.29, 0.717) is 39.3 Å². The van der Waals surface area contributed by atoms with E-state index in [2.05, 4.69) is 6.92 Å². The maximum Gasteiger partial charge on any atom is 0.226 e. The van der Waals surface area contributed by atoms with Gasteiger partial charge in [-0.1, -0.05) is 92.1 Å². The number of Topliss-reactive ketones (excluding diaryl/α,β-unsaturated/α-hetero) is 1. The lowest BCUT2D eigenvalue weighted by molar-refractivity contribution is -0.149. The number of nitrogens with zero attached hydrogens (tertiary/aromatic N) is 3. The molecule has 1 saturated heterocycles. The van der Waals surface area contributed by atoms with E-state index >= 15 is 0 Å². The summed E-state index contributed by atoms with van der Waals surface area (Å²) in [5, 5.41) is 22.7. The molecule has 3 unspecified atom stereocenters. The van der Waals surface area contributed by atoms with Crippen molar-refractivity contribution in [2.45, 2.75) is 143 Å². The van der Waals surface area contributed by atoms with Crippen molar-refractivity contribution in [1.29, 1.82) is 0 Å². The molecule has 14 heteroatoms. The summed E-state index contributed by atoms with van der Waals surface area (Å²) in [6, 6.07) is 8.02. The Kier molecular flexibility index (Phi) is 24.9. The SMILES string of the molecule is CC[C@H](C)[C@@H](C(CC(=O)N1CCC[C@H]1C(OC)[C@@H](C)C(=O)C[C@H](C)[C@@H](O)c1ccccc1)OC)N(C)C(=O)[C@@H](CC(O)[C@H](C(C)C)N(C)C(=O)CCOCCOCCN)C(C)C. The molecule has 4 N–H and O–H groups in total. The lowest BCUT2D eigenvalue weighted by Crippen LogP contribution is -2.55. The van der Waals surface area contributed by atoms with Gasteiger partial charge in [0, 0.05) is 59.7 Å². The lowest BCUT2D eigenvalue weighted by atomic mass is 9.82. The summed E-state index contributed by atoms with van der Waals surface area (Å²) in [5.41, 5.74) is 6.21. The fourth-order valence-electron chi connectivity index (χ4n) is 9.31. The number of hydrogen-bond donors (Lipinski definition) is 3. The molecule has 62 heavy (non-hydrogen) atoms. The van der Waals surface area contributed by atoms with E-state index in [-0.39, 0.29) is 85.5 Å². The van der Waals surface area contributed by atoms with Crippen LogP contribution in [0, 0.1) is 35.5 Å². The summed E-state index contributed by atoms with van der Waals surface area (Å²) in [7, 11) is 6.60. The van der Waals surface area contributed by atoms with Crippen LogP contribution in [0.2, 0.25) is 0 Å². The van der Waals surface area contributed by atoms with Crippen molar-refractivity contribution in [3.63, 3.8) is 0 Å². The van der Waals surface area contributed by atoms with Crippen molar-refractivity contribution < 1.29 is 48.3 Å². The fourth-order valence-corrected chi connectivity index (χ4v) is 9.31. The molecule has 0 bridgehead atoms. The second-order valence-corrected chi connectivity index (χ2v) is 18.2. The van der Waals surface area contributed by atoms with Crippen LogP contribution in [0.5, 0.6) is 0 Å². The van der Waals surface area contributed by atoms with Crippen LogP contribution in [0.15, 0.2) is 30.3 Å². The Morgan fingerprint density at radius 2 is 1.45 bits per heavy atom. The van der Waals surface area contributed by atoms with Crippen molar-refractivity contribution in [3.8, 4) is 0 Å². The number of aliphatic hydroxyl groups is 2. The predicted octanol–water partition coefficient (Wildman–Crippen LogP) is 5.12. The number of likely N-dealkylation sites (tertiary alicyclic amines) is 1. The van der Waals surface area contributed by atoms with Crippen molar-refractivity contribution in [2.24, 2.45) is 41.2 Å². The van der Waals surface area contributed by atoms with E-state index in [9.17, 15) is 29.4 Å². The second-order valence-electron chi connectivity index (χ2n) is 18.2. The molecule has 0 aliphatic carbocycles. The highest BCUT2D eigenvalue weighted by atomic mass is 16.5. The molecule has 1 heterocycles. The number of amides is 3. The minimum absolute atomic E-state index is 0.0282. The van der Waals surface area contributed by atoms with E-state index in [0.717, 1.165) is 18.4 Å². The Morgan fingerprint density at radius 3 is 2.00 bits per heavy atom. The van der Waals surface area contributed by atoms with E-state index in [1.807, 2.05) is 83.7 Å². The summed E-state index contributed by atoms with van der Waals surface area (Å²) >= 11 is 0. The monoisotopic (exact) mass is 877 g/mol. The highest BCUT2D eigenvalue weighted by molar-refractivity contribution is 5.82. The Balaban J connectivity index is 2.21. The van der Waals surface area contributed by atoms with Crippen LogP contribution in [0.25, 0.3) is 0 Å². The smallest absolute Gasteiger partial charge is 0.226 e. The van der Waals surface area contributed by atoms with Gasteiger partial charge in [0.05, 0.1) is 81.8 Å². The molecule has 2 rings (SSSR count). The molecule has 356 valence electrons. The average molecular weight is 877 g/mol. The van der Waals surface area contributed by atoms with Gasteiger partial charge in [-0.05, 0) is 48.5 Å². The first-order valence-corrected chi connectivity index (χ1v) is 23.0. The molecule has 1 aliphatic rings. The van der Waals surface area contributed by atoms with Crippen LogP contribution in [0.3, 0.4) is 0 Å². The number of hydrogen-bond acceptors (Lipinski definition) is 11. The predicted molar refractivity (Wildman–Crippen MR) is 242 cm³/mol. The van der Waals surface area contributed by atoms with Gasteiger partial charge in [-0.15, -0.1) is 0 Å². The van der Waals surface area contributed by atoms with E-state index in [4.69, 9.17) is 24.7 Å². The van der Waals surface area contributed by atoms with Gasteiger partial charge >= 0.3 is 0 Å². The van der Waals surface area contributed by atoms with Crippen molar-refractivity contribution in [1.82, 2.24) is 14.7 Å². The van der Waals surface area contributed by atoms with Crippen molar-refractivity contribution in [2.75, 3.05) is 67.8 Å². The summed E-state index contributed by atoms with van der Waals surface area (Å²) in [6.45, 7) is 18.0. The number of nitrogens with two attached hydrogens (primary N) is 1. The van der Waals surface area contributed by atoms with Crippen molar-refractivity contribution >= 4 is 23.5 Å². The number of likely N-dealkylation sites (N-methyl/N-ethyl adjacent to an activating group) is 2. The number of ketones is 1. The van der Waals surface area contributed by atoms with Crippen molar-refractivity contribution in [3.05, 3.63) is 35.9 Å². The number of aliphatic hydroxyl groups excluding tert-OH is 2. The standard InChI is InChI=1S/C48H84N4O10/c1-13-33(6)45(51(10)48(58)37(31(2)3)29-40(54)44(32(4)5)50(9)42(55)21-24-61-26-27-62-25-22-49)41(59-11)30-43(56)52-23-17-20-38(52)47(60-12)35(8)39(53)28-34(7)46(57)36-18-15-14-16-19-36/h14-16,18-19,31-35,37-38,40-41,44-47,54,57H,13,17,20-30,49H2,1-12H3/t33-,34-,35-,37-,38-,40?,41?,44-,45-,46+,47?/m0/s1. The molecule has 3 amide bonds. The topological polar surface area (TPSA) is 181 Å². The zero-order valence-electron chi connectivity index (χ0n) is 40.2. The van der Waals surface area contributed by atoms with Gasteiger partial charge in [-0.25, -0.2) is 0 Å². The number of benzene rings is 1. The number of rotatable bonds is 30. The van der Waals surface area contributed by atoms with Crippen LogP contribution in [-0.4, -0.2) is 153 Å². The minimum Gasteiger partial charge on any atom is -0.391 e. The highest BCUT2D eigenvalue weighted by Gasteiger charge is 2.43. The first-order chi connectivity index (χ1) is 29.4. The molecule has 0 aromatic heterocycles. The van der Waals surface area contributed by atoms with Crippen LogP contribution in [0.1, 0.15) is 112 Å².